The van der Waals surface area contributed by atoms with E-state index in [1.54, 1.807) is 6.07 Å². The van der Waals surface area contributed by atoms with Gasteiger partial charge in [-0.25, -0.2) is 13.4 Å². The molecule has 1 aromatic carbocycles. The Morgan fingerprint density at radius 3 is 2.67 bits per heavy atom. The molecule has 1 aliphatic heterocycles. The standard InChI is InChI=1S/C18H20ClN3O4S/c19-16-5-4-15(27(24,25)22-8-2-1-3-9-22)10-14(16)12-26-13-18(23)17-11-20-6-7-21-17/h4-7,10-11H,1-3,8-9,12-13H2. The average Bonchev–Trinajstić information content (AvgIpc) is 2.70. The molecule has 3 rings (SSSR count). The van der Waals surface area contributed by atoms with Crippen molar-refractivity contribution < 1.29 is 17.9 Å². The molecule has 2 heterocycles. The topological polar surface area (TPSA) is 89.5 Å². The van der Waals surface area contributed by atoms with Crippen molar-refractivity contribution in [3.63, 3.8) is 0 Å². The summed E-state index contributed by atoms with van der Waals surface area (Å²) in [4.78, 5) is 19.9. The minimum absolute atomic E-state index is 0.0220. The van der Waals surface area contributed by atoms with Crippen LogP contribution in [0.25, 0.3) is 0 Å². The van der Waals surface area contributed by atoms with Gasteiger partial charge in [-0.15, -0.1) is 0 Å². The molecule has 144 valence electrons. The summed E-state index contributed by atoms with van der Waals surface area (Å²) in [5.41, 5.74) is 0.728. The van der Waals surface area contributed by atoms with Crippen LogP contribution in [0.2, 0.25) is 5.02 Å². The lowest BCUT2D eigenvalue weighted by Gasteiger charge is -2.26. The lowest BCUT2D eigenvalue weighted by Crippen LogP contribution is -2.35. The number of aromatic nitrogens is 2. The van der Waals surface area contributed by atoms with E-state index in [0.717, 1.165) is 19.3 Å². The summed E-state index contributed by atoms with van der Waals surface area (Å²) in [5.74, 6) is -0.309. The number of nitrogens with zero attached hydrogens (tertiary/aromatic N) is 3. The van der Waals surface area contributed by atoms with E-state index in [-0.39, 0.29) is 29.6 Å². The van der Waals surface area contributed by atoms with Crippen molar-refractivity contribution in [3.05, 3.63) is 53.1 Å². The van der Waals surface area contributed by atoms with E-state index in [1.165, 1.54) is 35.0 Å². The number of hydrogen-bond acceptors (Lipinski definition) is 6. The summed E-state index contributed by atoms with van der Waals surface area (Å²) in [7, 11) is -3.55. The molecule has 1 aliphatic rings. The SMILES string of the molecule is O=C(COCc1cc(S(=O)(=O)N2CCCCC2)ccc1Cl)c1cnccn1. The zero-order valence-electron chi connectivity index (χ0n) is 14.7. The lowest BCUT2D eigenvalue weighted by molar-refractivity contribution is 0.0721. The van der Waals surface area contributed by atoms with Crippen molar-refractivity contribution in [2.75, 3.05) is 19.7 Å². The molecule has 27 heavy (non-hydrogen) atoms. The molecule has 0 N–H and O–H groups in total. The summed E-state index contributed by atoms with van der Waals surface area (Å²) in [6, 6.07) is 4.56. The minimum Gasteiger partial charge on any atom is -0.368 e. The van der Waals surface area contributed by atoms with Crippen LogP contribution < -0.4 is 0 Å². The summed E-state index contributed by atoms with van der Waals surface area (Å²) in [6.45, 7) is 0.888. The molecule has 0 aliphatic carbocycles. The molecule has 7 nitrogen and oxygen atoms in total. The molecule has 9 heteroatoms. The number of ether oxygens (including phenoxy) is 1. The first kappa shape index (κ1) is 19.9. The van der Waals surface area contributed by atoms with E-state index in [4.69, 9.17) is 16.3 Å². The van der Waals surface area contributed by atoms with E-state index in [1.807, 2.05) is 0 Å². The summed E-state index contributed by atoms with van der Waals surface area (Å²) >= 11 is 6.17. The van der Waals surface area contributed by atoms with Crippen molar-refractivity contribution in [1.82, 2.24) is 14.3 Å². The maximum absolute atomic E-state index is 12.8. The second kappa shape index (κ2) is 8.88. The van der Waals surface area contributed by atoms with Gasteiger partial charge in [0.15, 0.2) is 0 Å². The first-order valence-electron chi connectivity index (χ1n) is 8.64. The Balaban J connectivity index is 1.67. The molecule has 1 aromatic heterocycles. The highest BCUT2D eigenvalue weighted by Crippen LogP contribution is 2.25. The van der Waals surface area contributed by atoms with Gasteiger partial charge in [-0.2, -0.15) is 4.31 Å². The number of sulfonamides is 1. The zero-order chi connectivity index (χ0) is 19.3. The van der Waals surface area contributed by atoms with Crippen LogP contribution in [0.1, 0.15) is 35.3 Å². The van der Waals surface area contributed by atoms with Gasteiger partial charge in [0.1, 0.15) is 12.3 Å². The van der Waals surface area contributed by atoms with Gasteiger partial charge in [-0.05, 0) is 36.6 Å². The third-order valence-electron chi connectivity index (χ3n) is 4.31. The Kier molecular flexibility index (Phi) is 6.54. The Morgan fingerprint density at radius 1 is 1.19 bits per heavy atom. The molecule has 0 amide bonds. The third-order valence-corrected chi connectivity index (χ3v) is 6.57. The predicted molar refractivity (Wildman–Crippen MR) is 100 cm³/mol. The zero-order valence-corrected chi connectivity index (χ0v) is 16.2. The van der Waals surface area contributed by atoms with Gasteiger partial charge in [0.2, 0.25) is 15.8 Å². The Morgan fingerprint density at radius 2 is 1.96 bits per heavy atom. The quantitative estimate of drug-likeness (QED) is 0.653. The van der Waals surface area contributed by atoms with E-state index >= 15 is 0 Å². The monoisotopic (exact) mass is 409 g/mol. The van der Waals surface area contributed by atoms with Crippen LogP contribution in [0, 0.1) is 0 Å². The van der Waals surface area contributed by atoms with Gasteiger partial charge in [-0.3, -0.25) is 9.78 Å². The third kappa shape index (κ3) is 4.90. The second-order valence-electron chi connectivity index (χ2n) is 6.22. The smallest absolute Gasteiger partial charge is 0.243 e. The van der Waals surface area contributed by atoms with Gasteiger partial charge in [0, 0.05) is 30.5 Å². The van der Waals surface area contributed by atoms with Gasteiger partial charge in [0.25, 0.3) is 0 Å². The molecule has 0 spiro atoms. The highest BCUT2D eigenvalue weighted by Gasteiger charge is 2.26. The van der Waals surface area contributed by atoms with E-state index in [2.05, 4.69) is 9.97 Å². The largest absolute Gasteiger partial charge is 0.368 e. The molecule has 0 radical (unpaired) electrons. The number of halogens is 1. The lowest BCUT2D eigenvalue weighted by atomic mass is 10.2. The van der Waals surface area contributed by atoms with Crippen LogP contribution in [0.3, 0.4) is 0 Å². The van der Waals surface area contributed by atoms with Gasteiger partial charge in [0.05, 0.1) is 17.7 Å². The predicted octanol–water partition coefficient (Wildman–Crippen LogP) is 2.70. The molecule has 0 atom stereocenters. The summed E-state index contributed by atoms with van der Waals surface area (Å²) in [6.07, 6.45) is 7.06. The maximum atomic E-state index is 12.8. The number of hydrogen-bond donors (Lipinski definition) is 0. The highest BCUT2D eigenvalue weighted by atomic mass is 35.5. The Bertz CT molecular complexity index is 900. The van der Waals surface area contributed by atoms with Crippen molar-refractivity contribution >= 4 is 27.4 Å². The average molecular weight is 410 g/mol. The van der Waals surface area contributed by atoms with Crippen LogP contribution in [0.5, 0.6) is 0 Å². The number of carbonyl (C=O) groups is 1. The molecule has 0 bridgehead atoms. The Hall–Kier alpha value is -1.87. The van der Waals surface area contributed by atoms with Crippen molar-refractivity contribution in [2.24, 2.45) is 0 Å². The van der Waals surface area contributed by atoms with Crippen molar-refractivity contribution in [3.8, 4) is 0 Å². The summed E-state index contributed by atoms with van der Waals surface area (Å²) in [5, 5.41) is 0.388. The number of rotatable bonds is 7. The van der Waals surface area contributed by atoms with E-state index < -0.39 is 10.0 Å². The molecule has 2 aromatic rings. The van der Waals surface area contributed by atoms with Crippen molar-refractivity contribution in [1.29, 1.82) is 0 Å². The molecule has 0 saturated carbocycles. The minimum atomic E-state index is -3.55. The first-order valence-corrected chi connectivity index (χ1v) is 10.5. The van der Waals surface area contributed by atoms with Gasteiger partial charge >= 0.3 is 0 Å². The van der Waals surface area contributed by atoms with Crippen LogP contribution >= 0.6 is 11.6 Å². The first-order chi connectivity index (χ1) is 13.0. The number of carbonyl (C=O) groups excluding carboxylic acids is 1. The second-order valence-corrected chi connectivity index (χ2v) is 8.57. The molecule has 0 unspecified atom stereocenters. The van der Waals surface area contributed by atoms with Gasteiger partial charge in [-0.1, -0.05) is 18.0 Å². The fourth-order valence-corrected chi connectivity index (χ4v) is 4.59. The Labute approximate surface area is 163 Å². The number of benzene rings is 1. The number of Topliss-reactive ketones (excluding diaryl/α,β-unsaturated/α-hetero) is 1. The van der Waals surface area contributed by atoms with E-state index in [9.17, 15) is 13.2 Å². The molecular formula is C18H20ClN3O4S. The molecular weight excluding hydrogens is 390 g/mol. The highest BCUT2D eigenvalue weighted by molar-refractivity contribution is 7.89. The van der Waals surface area contributed by atoms with Crippen LogP contribution in [-0.2, 0) is 21.4 Å². The normalized spacial score (nSPS) is 15.6. The number of ketones is 1. The maximum Gasteiger partial charge on any atom is 0.243 e. The number of piperidine rings is 1. The molecule has 1 fully saturated rings. The van der Waals surface area contributed by atoms with E-state index in [0.29, 0.717) is 23.7 Å². The fraction of sp³-hybridized carbons (Fsp3) is 0.389. The van der Waals surface area contributed by atoms with Crippen LogP contribution in [0.4, 0.5) is 0 Å². The summed E-state index contributed by atoms with van der Waals surface area (Å²) < 4.78 is 32.5. The van der Waals surface area contributed by atoms with Gasteiger partial charge < -0.3 is 4.74 Å². The van der Waals surface area contributed by atoms with Crippen LogP contribution in [-0.4, -0.2) is 48.2 Å². The fourth-order valence-electron chi connectivity index (χ4n) is 2.85. The molecule has 1 saturated heterocycles. The van der Waals surface area contributed by atoms with Crippen molar-refractivity contribution in [2.45, 2.75) is 30.8 Å². The van der Waals surface area contributed by atoms with Crippen LogP contribution in [0.15, 0.2) is 41.7 Å².